The third-order valence-electron chi connectivity index (χ3n) is 1.87. The lowest BCUT2D eigenvalue weighted by molar-refractivity contribution is -0.137. The molecule has 0 radical (unpaired) electrons. The van der Waals surface area contributed by atoms with Crippen LogP contribution in [0.5, 0.6) is 0 Å². The van der Waals surface area contributed by atoms with Crippen LogP contribution in [0.1, 0.15) is 18.4 Å². The molecular formula is C10H10BrFO2. The number of aryl methyl sites for hydroxylation is 1. The first-order chi connectivity index (χ1) is 6.61. The minimum Gasteiger partial charge on any atom is -0.481 e. The van der Waals surface area contributed by atoms with E-state index in [0.29, 0.717) is 22.9 Å². The van der Waals surface area contributed by atoms with Crippen molar-refractivity contribution in [3.8, 4) is 0 Å². The lowest BCUT2D eigenvalue weighted by Gasteiger charge is -2.02. The molecule has 1 rings (SSSR count). The molecule has 0 unspecified atom stereocenters. The molecule has 0 atom stereocenters. The summed E-state index contributed by atoms with van der Waals surface area (Å²) in [7, 11) is 0. The van der Waals surface area contributed by atoms with Gasteiger partial charge in [-0.15, -0.1) is 0 Å². The smallest absolute Gasteiger partial charge is 0.303 e. The molecule has 0 amide bonds. The van der Waals surface area contributed by atoms with Crippen molar-refractivity contribution < 1.29 is 14.3 Å². The van der Waals surface area contributed by atoms with Gasteiger partial charge in [0.2, 0.25) is 0 Å². The number of hydrogen-bond donors (Lipinski definition) is 1. The van der Waals surface area contributed by atoms with Crippen molar-refractivity contribution in [2.45, 2.75) is 19.3 Å². The van der Waals surface area contributed by atoms with Crippen molar-refractivity contribution in [3.05, 3.63) is 34.1 Å². The van der Waals surface area contributed by atoms with E-state index in [9.17, 15) is 9.18 Å². The fraction of sp³-hybridized carbons (Fsp3) is 0.300. The largest absolute Gasteiger partial charge is 0.481 e. The Morgan fingerprint density at radius 3 is 2.86 bits per heavy atom. The second kappa shape index (κ2) is 5.10. The van der Waals surface area contributed by atoms with Gasteiger partial charge < -0.3 is 5.11 Å². The molecule has 0 aromatic heterocycles. The van der Waals surface area contributed by atoms with Crippen molar-refractivity contribution in [1.29, 1.82) is 0 Å². The molecule has 1 aromatic carbocycles. The molecule has 0 aliphatic carbocycles. The van der Waals surface area contributed by atoms with Crippen LogP contribution in [0, 0.1) is 5.82 Å². The second-order valence-corrected chi connectivity index (χ2v) is 3.81. The highest BCUT2D eigenvalue weighted by atomic mass is 79.9. The minimum absolute atomic E-state index is 0.0754. The molecule has 14 heavy (non-hydrogen) atoms. The average molecular weight is 261 g/mol. The Kier molecular flexibility index (Phi) is 4.07. The van der Waals surface area contributed by atoms with Gasteiger partial charge in [0, 0.05) is 6.42 Å². The van der Waals surface area contributed by atoms with E-state index in [1.807, 2.05) is 0 Å². The summed E-state index contributed by atoms with van der Waals surface area (Å²) in [6.07, 6.45) is 0.992. The van der Waals surface area contributed by atoms with Gasteiger partial charge in [-0.2, -0.15) is 0 Å². The summed E-state index contributed by atoms with van der Waals surface area (Å²) in [6.45, 7) is 0. The number of rotatable bonds is 4. The third-order valence-corrected chi connectivity index (χ3v) is 2.48. The second-order valence-electron chi connectivity index (χ2n) is 2.96. The predicted molar refractivity (Wildman–Crippen MR) is 54.7 cm³/mol. The Labute approximate surface area is 89.9 Å². The summed E-state index contributed by atoms with van der Waals surface area (Å²) in [5.74, 6) is -1.14. The summed E-state index contributed by atoms with van der Waals surface area (Å²) in [6, 6.07) is 5.03. The first-order valence-corrected chi connectivity index (χ1v) is 5.05. The molecule has 0 aliphatic heterocycles. The minimum atomic E-state index is -0.847. The standard InChI is InChI=1S/C10H10BrFO2/c11-8-5-1-3-7(10(8)12)4-2-6-9(13)14/h1,3,5H,2,4,6H2,(H,13,14). The van der Waals surface area contributed by atoms with Crippen LogP contribution in [0.25, 0.3) is 0 Å². The van der Waals surface area contributed by atoms with Crippen molar-refractivity contribution in [2.24, 2.45) is 0 Å². The molecule has 4 heteroatoms. The molecule has 2 nitrogen and oxygen atoms in total. The predicted octanol–water partition coefficient (Wildman–Crippen LogP) is 3.00. The lowest BCUT2D eigenvalue weighted by Crippen LogP contribution is -1.97. The number of aliphatic carboxylic acids is 1. The maximum Gasteiger partial charge on any atom is 0.303 e. The van der Waals surface area contributed by atoms with Crippen LogP contribution in [-0.4, -0.2) is 11.1 Å². The molecule has 0 heterocycles. The first-order valence-electron chi connectivity index (χ1n) is 4.26. The monoisotopic (exact) mass is 260 g/mol. The summed E-state index contributed by atoms with van der Waals surface area (Å²) < 4.78 is 13.8. The van der Waals surface area contributed by atoms with E-state index < -0.39 is 5.97 Å². The number of benzene rings is 1. The van der Waals surface area contributed by atoms with E-state index in [1.165, 1.54) is 0 Å². The van der Waals surface area contributed by atoms with Crippen molar-refractivity contribution in [2.75, 3.05) is 0 Å². The number of halogens is 2. The Morgan fingerprint density at radius 2 is 2.21 bits per heavy atom. The van der Waals surface area contributed by atoms with Gasteiger partial charge >= 0.3 is 5.97 Å². The fourth-order valence-corrected chi connectivity index (χ4v) is 1.58. The molecule has 0 fully saturated rings. The summed E-state index contributed by atoms with van der Waals surface area (Å²) in [4.78, 5) is 10.2. The van der Waals surface area contributed by atoms with E-state index in [1.54, 1.807) is 18.2 Å². The number of carboxylic acid groups (broad SMARTS) is 1. The molecule has 0 spiro atoms. The van der Waals surface area contributed by atoms with Gasteiger partial charge in [-0.3, -0.25) is 4.79 Å². The van der Waals surface area contributed by atoms with Gasteiger partial charge in [-0.05, 0) is 40.4 Å². The maximum absolute atomic E-state index is 13.3. The van der Waals surface area contributed by atoms with E-state index in [0.717, 1.165) is 0 Å². The molecule has 1 N–H and O–H groups in total. The zero-order chi connectivity index (χ0) is 10.6. The van der Waals surface area contributed by atoms with Crippen LogP contribution in [-0.2, 0) is 11.2 Å². The van der Waals surface area contributed by atoms with Gasteiger partial charge in [0.1, 0.15) is 5.82 Å². The van der Waals surface area contributed by atoms with Crippen LogP contribution < -0.4 is 0 Å². The van der Waals surface area contributed by atoms with Crippen molar-refractivity contribution in [3.63, 3.8) is 0 Å². The van der Waals surface area contributed by atoms with Gasteiger partial charge in [0.05, 0.1) is 4.47 Å². The molecule has 0 saturated heterocycles. The molecule has 76 valence electrons. The van der Waals surface area contributed by atoms with E-state index in [-0.39, 0.29) is 12.2 Å². The molecular weight excluding hydrogens is 251 g/mol. The number of hydrogen-bond acceptors (Lipinski definition) is 1. The zero-order valence-electron chi connectivity index (χ0n) is 7.46. The number of carbonyl (C=O) groups is 1. The SMILES string of the molecule is O=C(O)CCCc1cccc(Br)c1F. The maximum atomic E-state index is 13.3. The molecule has 0 aliphatic rings. The number of carboxylic acids is 1. The Hall–Kier alpha value is -0.900. The highest BCUT2D eigenvalue weighted by Gasteiger charge is 2.06. The Morgan fingerprint density at radius 1 is 1.50 bits per heavy atom. The highest BCUT2D eigenvalue weighted by molar-refractivity contribution is 9.10. The van der Waals surface area contributed by atoms with Crippen LogP contribution in [0.15, 0.2) is 22.7 Å². The highest BCUT2D eigenvalue weighted by Crippen LogP contribution is 2.19. The zero-order valence-corrected chi connectivity index (χ0v) is 9.05. The van der Waals surface area contributed by atoms with E-state index in [4.69, 9.17) is 5.11 Å². The van der Waals surface area contributed by atoms with Gasteiger partial charge in [-0.25, -0.2) is 4.39 Å². The normalized spacial score (nSPS) is 10.1. The summed E-state index contributed by atoms with van der Waals surface area (Å²) >= 11 is 3.08. The van der Waals surface area contributed by atoms with Crippen molar-refractivity contribution in [1.82, 2.24) is 0 Å². The average Bonchev–Trinajstić information content (AvgIpc) is 2.12. The van der Waals surface area contributed by atoms with Gasteiger partial charge in [0.25, 0.3) is 0 Å². The van der Waals surface area contributed by atoms with E-state index >= 15 is 0 Å². The molecule has 0 bridgehead atoms. The fourth-order valence-electron chi connectivity index (χ4n) is 1.17. The third kappa shape index (κ3) is 3.10. The first kappa shape index (κ1) is 11.2. The molecule has 1 aromatic rings. The lowest BCUT2D eigenvalue weighted by atomic mass is 10.1. The van der Waals surface area contributed by atoms with Gasteiger partial charge in [-0.1, -0.05) is 12.1 Å². The topological polar surface area (TPSA) is 37.3 Å². The molecule has 0 saturated carbocycles. The van der Waals surface area contributed by atoms with Crippen LogP contribution in [0.2, 0.25) is 0 Å². The van der Waals surface area contributed by atoms with Crippen LogP contribution >= 0.6 is 15.9 Å². The van der Waals surface area contributed by atoms with Crippen LogP contribution in [0.4, 0.5) is 4.39 Å². The Balaban J connectivity index is 2.59. The Bertz CT molecular complexity index is 339. The van der Waals surface area contributed by atoms with Crippen molar-refractivity contribution >= 4 is 21.9 Å². The van der Waals surface area contributed by atoms with Crippen LogP contribution in [0.3, 0.4) is 0 Å². The summed E-state index contributed by atoms with van der Waals surface area (Å²) in [5, 5.41) is 8.41. The summed E-state index contributed by atoms with van der Waals surface area (Å²) in [5.41, 5.74) is 0.556. The quantitative estimate of drug-likeness (QED) is 0.904. The van der Waals surface area contributed by atoms with Gasteiger partial charge in [0.15, 0.2) is 0 Å². The van der Waals surface area contributed by atoms with E-state index in [2.05, 4.69) is 15.9 Å².